The van der Waals surface area contributed by atoms with Crippen LogP contribution in [0.1, 0.15) is 5.56 Å². The van der Waals surface area contributed by atoms with E-state index in [0.29, 0.717) is 10.5 Å². The summed E-state index contributed by atoms with van der Waals surface area (Å²) in [6.07, 6.45) is 1.51. The van der Waals surface area contributed by atoms with Crippen LogP contribution in [0.25, 0.3) is 6.08 Å². The van der Waals surface area contributed by atoms with Crippen molar-refractivity contribution < 1.29 is 14.3 Å². The van der Waals surface area contributed by atoms with Gasteiger partial charge < -0.3 is 9.53 Å². The van der Waals surface area contributed by atoms with Crippen molar-refractivity contribution in [3.8, 4) is 0 Å². The molecule has 0 saturated carbocycles. The van der Waals surface area contributed by atoms with E-state index in [1.807, 2.05) is 30.3 Å². The number of benzene rings is 1. The van der Waals surface area contributed by atoms with Crippen LogP contribution in [0.3, 0.4) is 0 Å². The molecule has 0 unspecified atom stereocenters. The fraction of sp³-hybridized carbons (Fsp3) is 0. The highest BCUT2D eigenvalue weighted by Crippen LogP contribution is 2.06. The summed E-state index contributed by atoms with van der Waals surface area (Å²) in [5, 5.41) is 8.66. The van der Waals surface area contributed by atoms with E-state index in [4.69, 9.17) is 9.53 Å². The van der Waals surface area contributed by atoms with E-state index in [0.717, 1.165) is 5.56 Å². The molecule has 13 heavy (non-hydrogen) atoms. The first kappa shape index (κ1) is 9.53. The highest BCUT2D eigenvalue weighted by Gasteiger charge is 2.04. The molecular formula is C9H10O3Si. The van der Waals surface area contributed by atoms with Gasteiger partial charge in [-0.05, 0) is 11.6 Å². The molecule has 0 radical (unpaired) electrons. The van der Waals surface area contributed by atoms with Gasteiger partial charge in [0.2, 0.25) is 10.5 Å². The summed E-state index contributed by atoms with van der Waals surface area (Å²) in [4.78, 5) is 10.6. The maximum absolute atomic E-state index is 10.6. The highest BCUT2D eigenvalue weighted by molar-refractivity contribution is 6.03. The molecule has 1 N–H and O–H groups in total. The number of carboxylic acid groups (broad SMARTS) is 1. The topological polar surface area (TPSA) is 46.5 Å². The number of rotatable bonds is 3. The van der Waals surface area contributed by atoms with Crippen LogP contribution in [0, 0.1) is 0 Å². The molecule has 1 rings (SSSR count). The molecule has 0 amide bonds. The van der Waals surface area contributed by atoms with Crippen molar-refractivity contribution in [3.05, 3.63) is 41.7 Å². The van der Waals surface area contributed by atoms with E-state index in [1.165, 1.54) is 6.08 Å². The van der Waals surface area contributed by atoms with Gasteiger partial charge in [-0.25, -0.2) is 4.79 Å². The quantitative estimate of drug-likeness (QED) is 0.430. The van der Waals surface area contributed by atoms with Crippen molar-refractivity contribution in [2.45, 2.75) is 0 Å². The number of hydrogen-bond acceptors (Lipinski definition) is 2. The number of carboxylic acids is 1. The summed E-state index contributed by atoms with van der Waals surface area (Å²) in [6, 6.07) is 9.21. The Kier molecular flexibility index (Phi) is 3.28. The maximum atomic E-state index is 10.6. The van der Waals surface area contributed by atoms with Gasteiger partial charge in [-0.3, -0.25) is 0 Å². The van der Waals surface area contributed by atoms with E-state index in [1.54, 1.807) is 0 Å². The first-order valence-electron chi connectivity index (χ1n) is 3.78. The first-order valence-corrected chi connectivity index (χ1v) is 4.59. The molecule has 0 atom stereocenters. The molecule has 0 spiro atoms. The van der Waals surface area contributed by atoms with Gasteiger partial charge in [-0.1, -0.05) is 30.3 Å². The third-order valence-electron chi connectivity index (χ3n) is 1.53. The van der Waals surface area contributed by atoms with Gasteiger partial charge in [0, 0.05) is 0 Å². The third-order valence-corrected chi connectivity index (χ3v) is 1.97. The zero-order valence-electron chi connectivity index (χ0n) is 7.23. The van der Waals surface area contributed by atoms with Gasteiger partial charge >= 0.3 is 5.97 Å². The van der Waals surface area contributed by atoms with Gasteiger partial charge in [-0.2, -0.15) is 0 Å². The van der Waals surface area contributed by atoms with E-state index >= 15 is 0 Å². The summed E-state index contributed by atoms with van der Waals surface area (Å²) in [6.45, 7) is 0. The molecule has 4 heteroatoms. The van der Waals surface area contributed by atoms with E-state index in [-0.39, 0.29) is 5.76 Å². The number of aliphatic carboxylic acids is 1. The van der Waals surface area contributed by atoms with E-state index < -0.39 is 5.97 Å². The lowest BCUT2D eigenvalue weighted by Gasteiger charge is -2.00. The molecule has 0 heterocycles. The van der Waals surface area contributed by atoms with Crippen LogP contribution in [0.2, 0.25) is 0 Å². The Hall–Kier alpha value is -1.55. The van der Waals surface area contributed by atoms with Crippen molar-refractivity contribution in [1.82, 2.24) is 0 Å². The van der Waals surface area contributed by atoms with Gasteiger partial charge in [0.15, 0.2) is 5.76 Å². The normalized spacial score (nSPS) is 11.2. The highest BCUT2D eigenvalue weighted by atomic mass is 28.2. The van der Waals surface area contributed by atoms with Gasteiger partial charge in [0.25, 0.3) is 0 Å². The minimum atomic E-state index is -1.03. The van der Waals surface area contributed by atoms with Gasteiger partial charge in [-0.15, -0.1) is 0 Å². The summed E-state index contributed by atoms with van der Waals surface area (Å²) in [7, 11) is 0.382. The number of hydrogen-bond donors (Lipinski definition) is 1. The Balaban J connectivity index is 2.92. The average Bonchev–Trinajstić information content (AvgIpc) is 2.15. The summed E-state index contributed by atoms with van der Waals surface area (Å²) < 4.78 is 4.82. The molecule has 0 aliphatic heterocycles. The second-order valence-electron chi connectivity index (χ2n) is 2.43. The number of carbonyl (C=O) groups is 1. The lowest BCUT2D eigenvalue weighted by Crippen LogP contribution is -2.02. The minimum Gasteiger partial charge on any atom is -0.548 e. The van der Waals surface area contributed by atoms with E-state index in [9.17, 15) is 4.79 Å². The Morgan fingerprint density at radius 1 is 1.38 bits per heavy atom. The predicted molar refractivity (Wildman–Crippen MR) is 53.1 cm³/mol. The Morgan fingerprint density at radius 3 is 2.46 bits per heavy atom. The van der Waals surface area contributed by atoms with Crippen LogP contribution < -0.4 is 0 Å². The van der Waals surface area contributed by atoms with Crippen LogP contribution in [0.4, 0.5) is 0 Å². The van der Waals surface area contributed by atoms with Crippen LogP contribution in [-0.4, -0.2) is 21.6 Å². The third kappa shape index (κ3) is 2.76. The standard InChI is InChI=1S/C9H10O3Si/c10-9(11)8(12-13)6-7-4-2-1-3-5-7/h1-6H,13H3,(H,10,11)/b8-6+. The Morgan fingerprint density at radius 2 is 2.00 bits per heavy atom. The summed E-state index contributed by atoms with van der Waals surface area (Å²) in [5.41, 5.74) is 0.829. The molecule has 3 nitrogen and oxygen atoms in total. The predicted octanol–water partition coefficient (Wildman–Crippen LogP) is 0.409. The summed E-state index contributed by atoms with van der Waals surface area (Å²) in [5.74, 6) is -1.03. The minimum absolute atomic E-state index is 0.00198. The Labute approximate surface area is 79.2 Å². The molecule has 1 aromatic rings. The fourth-order valence-corrected chi connectivity index (χ4v) is 1.20. The van der Waals surface area contributed by atoms with Crippen LogP contribution in [0.5, 0.6) is 0 Å². The molecule has 0 fully saturated rings. The second-order valence-corrected chi connectivity index (χ2v) is 2.84. The monoisotopic (exact) mass is 194 g/mol. The Bertz CT molecular complexity index is 319. The smallest absolute Gasteiger partial charge is 0.369 e. The SMILES string of the molecule is O=C(O)/C(=C\c1ccccc1)O[SiH3]. The molecule has 0 saturated heterocycles. The molecule has 0 aliphatic rings. The summed E-state index contributed by atoms with van der Waals surface area (Å²) >= 11 is 0. The van der Waals surface area contributed by atoms with Gasteiger partial charge in [0.1, 0.15) is 0 Å². The molecule has 68 valence electrons. The van der Waals surface area contributed by atoms with Crippen LogP contribution in [-0.2, 0) is 9.22 Å². The fourth-order valence-electron chi connectivity index (χ4n) is 0.909. The van der Waals surface area contributed by atoms with Crippen molar-refractivity contribution in [2.75, 3.05) is 0 Å². The molecule has 0 bridgehead atoms. The van der Waals surface area contributed by atoms with Gasteiger partial charge in [0.05, 0.1) is 0 Å². The molecule has 1 aromatic carbocycles. The zero-order valence-corrected chi connectivity index (χ0v) is 9.23. The first-order chi connectivity index (χ1) is 6.24. The van der Waals surface area contributed by atoms with E-state index in [2.05, 4.69) is 0 Å². The zero-order chi connectivity index (χ0) is 9.68. The maximum Gasteiger partial charge on any atom is 0.369 e. The van der Waals surface area contributed by atoms with Crippen LogP contribution >= 0.6 is 0 Å². The van der Waals surface area contributed by atoms with Crippen molar-refractivity contribution >= 4 is 22.5 Å². The van der Waals surface area contributed by atoms with Crippen molar-refractivity contribution in [2.24, 2.45) is 0 Å². The second kappa shape index (κ2) is 4.47. The molecule has 0 aliphatic carbocycles. The largest absolute Gasteiger partial charge is 0.548 e. The molecular weight excluding hydrogens is 184 g/mol. The van der Waals surface area contributed by atoms with Crippen LogP contribution in [0.15, 0.2) is 36.1 Å². The van der Waals surface area contributed by atoms with Crippen molar-refractivity contribution in [1.29, 1.82) is 0 Å². The van der Waals surface area contributed by atoms with Crippen molar-refractivity contribution in [3.63, 3.8) is 0 Å². The lowest BCUT2D eigenvalue weighted by molar-refractivity contribution is -0.134. The lowest BCUT2D eigenvalue weighted by atomic mass is 10.2. The average molecular weight is 194 g/mol. The molecule has 0 aromatic heterocycles.